The van der Waals surface area contributed by atoms with Crippen LogP contribution in [0.2, 0.25) is 0 Å². The molecule has 0 fully saturated rings. The van der Waals surface area contributed by atoms with E-state index in [4.69, 9.17) is 0 Å². The maximum absolute atomic E-state index is 13.6. The van der Waals surface area contributed by atoms with Gasteiger partial charge >= 0.3 is 0 Å². The van der Waals surface area contributed by atoms with Crippen LogP contribution in [0.25, 0.3) is 0 Å². The summed E-state index contributed by atoms with van der Waals surface area (Å²) >= 11 is 2.58. The Morgan fingerprint density at radius 3 is 2.40 bits per heavy atom. The van der Waals surface area contributed by atoms with Gasteiger partial charge in [0.15, 0.2) is 11.7 Å². The molecule has 0 aliphatic heterocycles. The number of aryl methyl sites for hydroxylation is 3. The van der Waals surface area contributed by atoms with E-state index < -0.39 is 11.6 Å². The van der Waals surface area contributed by atoms with E-state index in [2.05, 4.69) is 14.9 Å². The summed E-state index contributed by atoms with van der Waals surface area (Å²) in [4.78, 5) is 29.6. The molecule has 1 aromatic carbocycles. The molecule has 8 heteroatoms. The van der Waals surface area contributed by atoms with Gasteiger partial charge in [-0.3, -0.25) is 14.5 Å². The number of rotatable bonds is 5. The maximum atomic E-state index is 13.6. The highest BCUT2D eigenvalue weighted by Gasteiger charge is 2.37. The van der Waals surface area contributed by atoms with Crippen molar-refractivity contribution in [1.29, 1.82) is 0 Å². The molecule has 0 aliphatic rings. The van der Waals surface area contributed by atoms with Crippen LogP contribution in [0.15, 0.2) is 35.0 Å². The van der Waals surface area contributed by atoms with Gasteiger partial charge in [0.05, 0.1) is 0 Å². The van der Waals surface area contributed by atoms with Crippen LogP contribution in [0.5, 0.6) is 0 Å². The van der Waals surface area contributed by atoms with Crippen LogP contribution >= 0.6 is 22.9 Å². The van der Waals surface area contributed by atoms with Crippen molar-refractivity contribution >= 4 is 40.4 Å². The third-order valence-electron chi connectivity index (χ3n) is 4.58. The Hall–Kier alpha value is -2.58. The number of anilines is 1. The molecular formula is C22H26N4O2S2. The van der Waals surface area contributed by atoms with Gasteiger partial charge in [-0.2, -0.15) is 0 Å². The molecule has 2 aromatic heterocycles. The maximum Gasteiger partial charge on any atom is 0.280 e. The molecule has 0 saturated heterocycles. The predicted molar refractivity (Wildman–Crippen MR) is 122 cm³/mol. The third-order valence-corrected chi connectivity index (χ3v) is 6.15. The van der Waals surface area contributed by atoms with Crippen molar-refractivity contribution in [3.05, 3.63) is 62.3 Å². The average Bonchev–Trinajstić information content (AvgIpc) is 3.32. The Labute approximate surface area is 185 Å². The first-order valence-corrected chi connectivity index (χ1v) is 11.3. The normalized spacial score (nSPS) is 12.5. The molecule has 6 nitrogen and oxygen atoms in total. The van der Waals surface area contributed by atoms with Gasteiger partial charge in [0.2, 0.25) is 5.91 Å². The molecule has 0 bridgehead atoms. The molecule has 158 valence electrons. The van der Waals surface area contributed by atoms with Gasteiger partial charge in [-0.25, -0.2) is 0 Å². The Bertz CT molecular complexity index is 1050. The summed E-state index contributed by atoms with van der Waals surface area (Å²) in [6.07, 6.45) is 0. The SMILES string of the molecule is Cc1ccc(C)c(N(C(=O)c2csnn2)[C@H](C(=O)NC(C)(C)C)c2sccc2C)c1. The van der Waals surface area contributed by atoms with Crippen LogP contribution < -0.4 is 10.2 Å². The number of aromatic nitrogens is 2. The molecule has 0 aliphatic carbocycles. The Morgan fingerprint density at radius 1 is 1.10 bits per heavy atom. The summed E-state index contributed by atoms with van der Waals surface area (Å²) in [5, 5.41) is 10.6. The fraction of sp³-hybridized carbons (Fsp3) is 0.364. The van der Waals surface area contributed by atoms with Gasteiger partial charge in [0.25, 0.3) is 5.91 Å². The summed E-state index contributed by atoms with van der Waals surface area (Å²) in [5.41, 5.74) is 3.34. The van der Waals surface area contributed by atoms with Crippen LogP contribution in [0.1, 0.15) is 58.9 Å². The second kappa shape index (κ2) is 8.65. The van der Waals surface area contributed by atoms with E-state index in [-0.39, 0.29) is 17.5 Å². The third kappa shape index (κ3) is 4.76. The first-order chi connectivity index (χ1) is 14.1. The summed E-state index contributed by atoms with van der Waals surface area (Å²) in [6, 6.07) is 7.04. The number of thiophene rings is 1. The highest BCUT2D eigenvalue weighted by atomic mass is 32.1. The Kier molecular flexibility index (Phi) is 6.38. The highest BCUT2D eigenvalue weighted by molar-refractivity contribution is 7.10. The minimum atomic E-state index is -0.820. The van der Waals surface area contributed by atoms with Crippen molar-refractivity contribution in [1.82, 2.24) is 14.9 Å². The van der Waals surface area contributed by atoms with Crippen molar-refractivity contribution in [2.75, 3.05) is 4.90 Å². The lowest BCUT2D eigenvalue weighted by Crippen LogP contribution is -2.49. The van der Waals surface area contributed by atoms with Crippen LogP contribution in [0.4, 0.5) is 5.69 Å². The highest BCUT2D eigenvalue weighted by Crippen LogP contribution is 2.36. The zero-order valence-electron chi connectivity index (χ0n) is 18.0. The van der Waals surface area contributed by atoms with Crippen molar-refractivity contribution in [3.63, 3.8) is 0 Å². The topological polar surface area (TPSA) is 75.2 Å². The number of hydrogen-bond acceptors (Lipinski definition) is 6. The molecule has 0 spiro atoms. The minimum Gasteiger partial charge on any atom is -0.349 e. The molecule has 0 saturated carbocycles. The lowest BCUT2D eigenvalue weighted by atomic mass is 10.0. The first-order valence-electron chi connectivity index (χ1n) is 9.62. The van der Waals surface area contributed by atoms with Crippen molar-refractivity contribution in [2.45, 2.75) is 53.1 Å². The second-order valence-electron chi connectivity index (χ2n) is 8.36. The number of benzene rings is 1. The zero-order chi connectivity index (χ0) is 22.1. The second-order valence-corrected chi connectivity index (χ2v) is 9.92. The fourth-order valence-electron chi connectivity index (χ4n) is 3.18. The lowest BCUT2D eigenvalue weighted by molar-refractivity contribution is -0.123. The van der Waals surface area contributed by atoms with E-state index in [1.54, 1.807) is 10.3 Å². The molecule has 3 rings (SSSR count). The first kappa shape index (κ1) is 22.1. The largest absolute Gasteiger partial charge is 0.349 e. The Balaban J connectivity index is 2.23. The van der Waals surface area contributed by atoms with Gasteiger partial charge in [0.1, 0.15) is 0 Å². The van der Waals surface area contributed by atoms with Crippen LogP contribution in [0, 0.1) is 20.8 Å². The predicted octanol–water partition coefficient (Wildman–Crippen LogP) is 4.83. The molecule has 30 heavy (non-hydrogen) atoms. The number of nitrogens with one attached hydrogen (secondary N) is 1. The zero-order valence-corrected chi connectivity index (χ0v) is 19.6. The monoisotopic (exact) mass is 442 g/mol. The molecule has 2 amide bonds. The van der Waals surface area contributed by atoms with E-state index in [9.17, 15) is 9.59 Å². The smallest absolute Gasteiger partial charge is 0.280 e. The summed E-state index contributed by atoms with van der Waals surface area (Å²) in [5.74, 6) is -0.579. The number of carbonyl (C=O) groups is 2. The van der Waals surface area contributed by atoms with Crippen LogP contribution in [-0.4, -0.2) is 26.9 Å². The van der Waals surface area contributed by atoms with Crippen LogP contribution in [-0.2, 0) is 4.79 Å². The molecule has 3 aromatic rings. The molecule has 2 heterocycles. The average molecular weight is 443 g/mol. The molecule has 0 radical (unpaired) electrons. The number of nitrogens with zero attached hydrogens (tertiary/aromatic N) is 3. The number of hydrogen-bond donors (Lipinski definition) is 1. The van der Waals surface area contributed by atoms with E-state index in [0.29, 0.717) is 5.69 Å². The van der Waals surface area contributed by atoms with Gasteiger partial charge in [0, 0.05) is 21.5 Å². The van der Waals surface area contributed by atoms with Gasteiger partial charge in [-0.15, -0.1) is 16.4 Å². The van der Waals surface area contributed by atoms with Gasteiger partial charge < -0.3 is 5.32 Å². The number of carbonyl (C=O) groups excluding carboxylic acids is 2. The Morgan fingerprint density at radius 2 is 1.83 bits per heavy atom. The number of amides is 2. The standard InChI is InChI=1S/C22H26N4O2S2/c1-13-7-8-14(2)17(11-13)26(21(28)16-12-30-25-24-16)18(19-15(3)9-10-29-19)20(27)23-22(4,5)6/h7-12,18H,1-6H3,(H,23,27)/t18-/m0/s1. The fourth-order valence-corrected chi connectivity index (χ4v) is 4.63. The van der Waals surface area contributed by atoms with Crippen molar-refractivity contribution in [2.24, 2.45) is 0 Å². The molecule has 1 N–H and O–H groups in total. The van der Waals surface area contributed by atoms with E-state index in [1.165, 1.54) is 11.3 Å². The summed E-state index contributed by atoms with van der Waals surface area (Å²) in [7, 11) is 0. The lowest BCUT2D eigenvalue weighted by Gasteiger charge is -2.34. The molecule has 0 unspecified atom stereocenters. The van der Waals surface area contributed by atoms with Gasteiger partial charge in [-0.05, 0) is 87.3 Å². The van der Waals surface area contributed by atoms with Crippen molar-refractivity contribution in [3.8, 4) is 0 Å². The summed E-state index contributed by atoms with van der Waals surface area (Å²) < 4.78 is 3.85. The molecule has 1 atom stereocenters. The van der Waals surface area contributed by atoms with Crippen LogP contribution in [0.3, 0.4) is 0 Å². The summed E-state index contributed by atoms with van der Waals surface area (Å²) in [6.45, 7) is 11.7. The quantitative estimate of drug-likeness (QED) is 0.614. The molecular weight excluding hydrogens is 416 g/mol. The van der Waals surface area contributed by atoms with Gasteiger partial charge in [-0.1, -0.05) is 16.6 Å². The van der Waals surface area contributed by atoms with Crippen molar-refractivity contribution < 1.29 is 9.59 Å². The van der Waals surface area contributed by atoms with E-state index >= 15 is 0 Å². The van der Waals surface area contributed by atoms with E-state index in [0.717, 1.165) is 33.1 Å². The minimum absolute atomic E-state index is 0.226. The van der Waals surface area contributed by atoms with E-state index in [1.807, 2.05) is 71.2 Å².